The Balaban J connectivity index is 0.00000302. The van der Waals surface area contributed by atoms with E-state index in [9.17, 15) is 38.4 Å². The van der Waals surface area contributed by atoms with Crippen molar-refractivity contribution < 1.29 is 109 Å². The van der Waals surface area contributed by atoms with Crippen molar-refractivity contribution in [3.63, 3.8) is 0 Å². The van der Waals surface area contributed by atoms with Gasteiger partial charge in [0.05, 0.1) is 69.0 Å². The molecule has 0 heterocycles. The molecule has 0 amide bonds. The SMILES string of the molecule is C=CC(=O)OCCCCOc1ccc(C(=O)Oc2ccc(OC(=O)C3CCC(C(=O)Oc4ccc(OC(=O)c5ccc(OCCCCOC(=O)C=C)cc5)cc4C(=O)OCC(C)CC)CC3)c(CC(=O)OCC(C)CC)c2)cc1.CCOCC.[V]. The summed E-state index contributed by atoms with van der Waals surface area (Å²) in [4.78, 5) is 103. The Bertz CT molecular complexity index is 2780. The number of hydrogen-bond donors (Lipinski definition) is 0. The van der Waals surface area contributed by atoms with Crippen molar-refractivity contribution in [1.82, 2.24) is 0 Å². The molecular formula is C65H80O19V. The predicted octanol–water partition coefficient (Wildman–Crippen LogP) is 11.6. The van der Waals surface area contributed by atoms with E-state index in [0.29, 0.717) is 50.4 Å². The third kappa shape index (κ3) is 26.4. The van der Waals surface area contributed by atoms with Gasteiger partial charge in [-0.25, -0.2) is 24.0 Å². The average molecular weight is 1220 g/mol. The van der Waals surface area contributed by atoms with Crippen LogP contribution in [0.3, 0.4) is 0 Å². The van der Waals surface area contributed by atoms with Crippen LogP contribution in [0.5, 0.6) is 34.5 Å². The second-order valence-corrected chi connectivity index (χ2v) is 19.8. The summed E-state index contributed by atoms with van der Waals surface area (Å²) in [5.41, 5.74) is 0.560. The summed E-state index contributed by atoms with van der Waals surface area (Å²) in [6, 6.07) is 21.0. The van der Waals surface area contributed by atoms with Crippen LogP contribution in [0, 0.1) is 23.7 Å². The molecule has 0 bridgehead atoms. The number of rotatable bonds is 33. The van der Waals surface area contributed by atoms with Gasteiger partial charge in [-0.3, -0.25) is 14.4 Å². The molecule has 0 N–H and O–H groups in total. The van der Waals surface area contributed by atoms with E-state index in [1.807, 2.05) is 41.5 Å². The Morgan fingerprint density at radius 2 is 0.906 bits per heavy atom. The van der Waals surface area contributed by atoms with Crippen molar-refractivity contribution in [3.8, 4) is 34.5 Å². The van der Waals surface area contributed by atoms with Crippen LogP contribution >= 0.6 is 0 Å². The molecule has 5 rings (SSSR count). The Labute approximate surface area is 510 Å². The summed E-state index contributed by atoms with van der Waals surface area (Å²) in [5, 5.41) is 0. The first kappa shape index (κ1) is 71.5. The number of hydrogen-bond acceptors (Lipinski definition) is 19. The summed E-state index contributed by atoms with van der Waals surface area (Å²) >= 11 is 0. The molecule has 459 valence electrons. The van der Waals surface area contributed by atoms with E-state index in [0.717, 1.165) is 38.2 Å². The van der Waals surface area contributed by atoms with E-state index in [2.05, 4.69) is 13.2 Å². The topological polar surface area (TPSA) is 238 Å². The van der Waals surface area contributed by atoms with Crippen LogP contribution in [0.25, 0.3) is 0 Å². The molecular weight excluding hydrogens is 1140 g/mol. The quantitative estimate of drug-likeness (QED) is 0.0142. The Morgan fingerprint density at radius 3 is 1.34 bits per heavy atom. The van der Waals surface area contributed by atoms with Crippen molar-refractivity contribution in [3.05, 3.63) is 132 Å². The number of carbonyl (C=O) groups is 8. The number of unbranched alkanes of at least 4 members (excludes halogenated alkanes) is 2. The smallest absolute Gasteiger partial charge is 0.343 e. The second kappa shape index (κ2) is 39.7. The molecule has 0 aliphatic heterocycles. The maximum Gasteiger partial charge on any atom is 0.343 e. The van der Waals surface area contributed by atoms with Crippen LogP contribution in [-0.4, -0.2) is 101 Å². The number of esters is 8. The maximum absolute atomic E-state index is 13.7. The van der Waals surface area contributed by atoms with Crippen molar-refractivity contribution >= 4 is 47.8 Å². The standard InChI is InChI=1S/C61H70O18.C4H10O.V/c1-7-40(5)38-74-56(64)36-46-35-49(76-57(65)44-19-23-47(24-20-44)70-31-11-13-33-72-54(62)9-3)27-29-52(46)78-59(67)42-15-17-43(18-16-42)60(68)79-53-30-28-50(37-51(53)61(69)75-39-41(6)8-2)77-58(66)45-21-25-48(26-22-45)71-32-12-14-34-73-55(63)10-4;1-3-5-4-2;/h9-10,19-30,35,37,40-43H,3-4,7-8,11-18,31-34,36,38-39H2,1-2,5-6H3;3-4H2,1-2H3;. The molecule has 20 heteroatoms. The van der Waals surface area contributed by atoms with Gasteiger partial charge in [0.15, 0.2) is 0 Å². The van der Waals surface area contributed by atoms with Crippen molar-refractivity contribution in [1.29, 1.82) is 0 Å². The van der Waals surface area contributed by atoms with E-state index < -0.39 is 59.6 Å². The Morgan fingerprint density at radius 1 is 0.494 bits per heavy atom. The molecule has 2 atom stereocenters. The van der Waals surface area contributed by atoms with E-state index in [-0.39, 0.29) is 134 Å². The molecule has 0 aromatic heterocycles. The van der Waals surface area contributed by atoms with Crippen LogP contribution in [0.15, 0.2) is 110 Å². The van der Waals surface area contributed by atoms with Gasteiger partial charge in [-0.1, -0.05) is 53.7 Å². The Hall–Kier alpha value is -7.74. The molecule has 1 radical (unpaired) electrons. The number of benzene rings is 4. The number of carbonyl (C=O) groups excluding carboxylic acids is 8. The van der Waals surface area contributed by atoms with Crippen molar-refractivity contribution in [2.75, 3.05) is 52.9 Å². The second-order valence-electron chi connectivity index (χ2n) is 19.8. The summed E-state index contributed by atoms with van der Waals surface area (Å²) in [6.07, 6.45) is 6.95. The fourth-order valence-corrected chi connectivity index (χ4v) is 7.76. The van der Waals surface area contributed by atoms with Gasteiger partial charge in [-0.05, 0) is 162 Å². The Kier molecular flexibility index (Phi) is 33.4. The zero-order valence-electron chi connectivity index (χ0n) is 49.6. The minimum atomic E-state index is -0.783. The third-order valence-corrected chi connectivity index (χ3v) is 13.2. The molecule has 19 nitrogen and oxygen atoms in total. The van der Waals surface area contributed by atoms with Gasteiger partial charge in [-0.15, -0.1) is 0 Å². The predicted molar refractivity (Wildman–Crippen MR) is 310 cm³/mol. The number of ether oxygens (including phenoxy) is 11. The van der Waals surface area contributed by atoms with Gasteiger partial charge in [0, 0.05) is 49.5 Å². The molecule has 1 fully saturated rings. The molecule has 1 aliphatic carbocycles. The zero-order valence-corrected chi connectivity index (χ0v) is 51.0. The normalized spacial score (nSPS) is 13.9. The van der Waals surface area contributed by atoms with Crippen molar-refractivity contribution in [2.45, 2.75) is 112 Å². The molecule has 4 aromatic rings. The molecule has 0 saturated heterocycles. The molecule has 1 aliphatic rings. The van der Waals surface area contributed by atoms with E-state index in [1.54, 1.807) is 36.4 Å². The van der Waals surface area contributed by atoms with Gasteiger partial charge in [0.1, 0.15) is 40.1 Å². The first-order valence-corrected chi connectivity index (χ1v) is 28.6. The maximum atomic E-state index is 13.7. The molecule has 1 saturated carbocycles. The largest absolute Gasteiger partial charge is 0.494 e. The third-order valence-electron chi connectivity index (χ3n) is 13.2. The van der Waals surface area contributed by atoms with E-state index in [4.69, 9.17) is 52.1 Å². The van der Waals surface area contributed by atoms with E-state index >= 15 is 0 Å². The minimum absolute atomic E-state index is 0. The molecule has 4 aromatic carbocycles. The van der Waals surface area contributed by atoms with Gasteiger partial charge in [-0.2, -0.15) is 0 Å². The summed E-state index contributed by atoms with van der Waals surface area (Å²) in [5.74, 6) is -4.91. The fourth-order valence-electron chi connectivity index (χ4n) is 7.76. The van der Waals surface area contributed by atoms with Crippen LogP contribution in [-0.2, 0) is 72.6 Å². The van der Waals surface area contributed by atoms with Gasteiger partial charge in [0.25, 0.3) is 0 Å². The molecule has 2 unspecified atom stereocenters. The van der Waals surface area contributed by atoms with Gasteiger partial charge in [0.2, 0.25) is 0 Å². The zero-order chi connectivity index (χ0) is 61.2. The van der Waals surface area contributed by atoms with Gasteiger partial charge < -0.3 is 52.1 Å². The molecule has 85 heavy (non-hydrogen) atoms. The van der Waals surface area contributed by atoms with Crippen molar-refractivity contribution in [2.24, 2.45) is 23.7 Å². The van der Waals surface area contributed by atoms with Crippen LogP contribution in [0.1, 0.15) is 142 Å². The monoisotopic (exact) mass is 1220 g/mol. The summed E-state index contributed by atoms with van der Waals surface area (Å²) in [6.45, 7) is 21.7. The van der Waals surface area contributed by atoms with Crippen LogP contribution in [0.2, 0.25) is 0 Å². The minimum Gasteiger partial charge on any atom is -0.494 e. The van der Waals surface area contributed by atoms with E-state index in [1.165, 1.54) is 48.5 Å². The first-order valence-electron chi connectivity index (χ1n) is 28.6. The summed E-state index contributed by atoms with van der Waals surface area (Å²) in [7, 11) is 0. The summed E-state index contributed by atoms with van der Waals surface area (Å²) < 4.78 is 60.3. The fraction of sp³-hybridized carbons (Fsp3) is 0.446. The molecule has 0 spiro atoms. The van der Waals surface area contributed by atoms with Crippen LogP contribution in [0.4, 0.5) is 0 Å². The average Bonchev–Trinajstić information content (AvgIpc) is 3.66. The van der Waals surface area contributed by atoms with Gasteiger partial charge >= 0.3 is 47.8 Å². The van der Waals surface area contributed by atoms with Crippen LogP contribution < -0.4 is 28.4 Å². The first-order chi connectivity index (χ1) is 40.5.